The first-order valence-corrected chi connectivity index (χ1v) is 11.1. The Morgan fingerprint density at radius 2 is 1.82 bits per heavy atom. The predicted octanol–water partition coefficient (Wildman–Crippen LogP) is 4.62. The number of carbonyl (C=O) groups excluding carboxylic acids is 2. The number of aryl methyl sites for hydroxylation is 1. The predicted molar refractivity (Wildman–Crippen MR) is 123 cm³/mol. The number of carbonyl (C=O) groups is 2. The fourth-order valence-corrected chi connectivity index (χ4v) is 4.31. The second-order valence-electron chi connectivity index (χ2n) is 7.47. The van der Waals surface area contributed by atoms with Crippen molar-refractivity contribution in [2.75, 3.05) is 0 Å². The van der Waals surface area contributed by atoms with E-state index in [4.69, 9.17) is 4.42 Å². The van der Waals surface area contributed by atoms with Crippen LogP contribution in [-0.4, -0.2) is 16.4 Å². The minimum atomic E-state index is -0.458. The molecule has 0 saturated carbocycles. The molecule has 0 fully saturated rings. The van der Waals surface area contributed by atoms with Crippen LogP contribution in [0, 0.1) is 19.7 Å². The first-order chi connectivity index (χ1) is 15.9. The maximum absolute atomic E-state index is 13.1. The molecule has 0 bridgehead atoms. The molecule has 33 heavy (non-hydrogen) atoms. The Balaban J connectivity index is 1.60. The van der Waals surface area contributed by atoms with Gasteiger partial charge in [0.2, 0.25) is 0 Å². The quantitative estimate of drug-likeness (QED) is 0.453. The van der Waals surface area contributed by atoms with Gasteiger partial charge in [-0.15, -0.1) is 11.3 Å². The second-order valence-corrected chi connectivity index (χ2v) is 8.65. The zero-order valence-corrected chi connectivity index (χ0v) is 19.0. The van der Waals surface area contributed by atoms with Crippen LogP contribution in [0.15, 0.2) is 76.3 Å². The summed E-state index contributed by atoms with van der Waals surface area (Å²) in [6, 6.07) is 16.5. The van der Waals surface area contributed by atoms with Crippen molar-refractivity contribution in [2.24, 2.45) is 4.99 Å². The second kappa shape index (κ2) is 9.79. The van der Waals surface area contributed by atoms with Crippen LogP contribution in [0.2, 0.25) is 0 Å². The SMILES string of the molecule is Cc1sc(=NC(=O)c2ccco2)n(Cc2ccccc2C(=O)NCc2ccc(F)cc2)c1C. The standard InChI is InChI=1S/C25H22FN3O3S/c1-16-17(2)33-25(28-24(31)22-8-5-13-32-22)29(16)15-19-6-3-4-7-21(19)23(30)27-14-18-9-11-20(26)12-10-18/h3-13H,14-15H2,1-2H3,(H,27,30). The van der Waals surface area contributed by atoms with Crippen molar-refractivity contribution in [3.05, 3.63) is 111 Å². The smallest absolute Gasteiger partial charge is 0.315 e. The lowest BCUT2D eigenvalue weighted by Crippen LogP contribution is -2.26. The first-order valence-electron chi connectivity index (χ1n) is 10.3. The molecule has 0 unspecified atom stereocenters. The lowest BCUT2D eigenvalue weighted by molar-refractivity contribution is 0.0946. The molecule has 0 atom stereocenters. The molecule has 0 saturated heterocycles. The lowest BCUT2D eigenvalue weighted by Gasteiger charge is -2.12. The Labute approximate surface area is 194 Å². The van der Waals surface area contributed by atoms with Gasteiger partial charge in [0.1, 0.15) is 5.82 Å². The number of thiazole rings is 1. The van der Waals surface area contributed by atoms with Gasteiger partial charge in [-0.05, 0) is 55.3 Å². The minimum absolute atomic E-state index is 0.172. The average Bonchev–Trinajstić information content (AvgIpc) is 3.44. The number of hydrogen-bond donors (Lipinski definition) is 1. The molecule has 6 nitrogen and oxygen atoms in total. The Hall–Kier alpha value is -3.78. The van der Waals surface area contributed by atoms with Crippen LogP contribution in [0.25, 0.3) is 0 Å². The fourth-order valence-electron chi connectivity index (χ4n) is 3.34. The van der Waals surface area contributed by atoms with Crippen LogP contribution < -0.4 is 10.1 Å². The average molecular weight is 464 g/mol. The highest BCUT2D eigenvalue weighted by atomic mass is 32.1. The zero-order chi connectivity index (χ0) is 23.4. The number of halogens is 1. The number of nitrogens with zero attached hydrogens (tertiary/aromatic N) is 2. The van der Waals surface area contributed by atoms with Gasteiger partial charge in [0, 0.05) is 22.7 Å². The van der Waals surface area contributed by atoms with E-state index in [1.165, 1.54) is 29.7 Å². The summed E-state index contributed by atoms with van der Waals surface area (Å²) in [4.78, 5) is 31.2. The third-order valence-corrected chi connectivity index (χ3v) is 6.37. The summed E-state index contributed by atoms with van der Waals surface area (Å²) < 4.78 is 20.2. The molecule has 2 amide bonds. The molecular weight excluding hydrogens is 441 g/mol. The largest absolute Gasteiger partial charge is 0.459 e. The van der Waals surface area contributed by atoms with Gasteiger partial charge in [-0.3, -0.25) is 9.59 Å². The van der Waals surface area contributed by atoms with Gasteiger partial charge in [0.25, 0.3) is 5.91 Å². The fraction of sp³-hybridized carbons (Fsp3) is 0.160. The molecule has 0 radical (unpaired) electrons. The first kappa shape index (κ1) is 22.4. The maximum Gasteiger partial charge on any atom is 0.315 e. The van der Waals surface area contributed by atoms with Gasteiger partial charge in [-0.25, -0.2) is 4.39 Å². The summed E-state index contributed by atoms with van der Waals surface area (Å²) in [6.45, 7) is 4.59. The van der Waals surface area contributed by atoms with Gasteiger partial charge in [-0.2, -0.15) is 4.99 Å². The van der Waals surface area contributed by atoms with Gasteiger partial charge in [0.05, 0.1) is 12.8 Å². The molecule has 168 valence electrons. The van der Waals surface area contributed by atoms with Gasteiger partial charge < -0.3 is 14.3 Å². The highest BCUT2D eigenvalue weighted by Crippen LogP contribution is 2.16. The summed E-state index contributed by atoms with van der Waals surface area (Å²) in [6.07, 6.45) is 1.43. The summed E-state index contributed by atoms with van der Waals surface area (Å²) in [7, 11) is 0. The molecular formula is C25H22FN3O3S. The lowest BCUT2D eigenvalue weighted by atomic mass is 10.1. The minimum Gasteiger partial charge on any atom is -0.459 e. The Morgan fingerprint density at radius 3 is 2.55 bits per heavy atom. The van der Waals surface area contributed by atoms with Crippen molar-refractivity contribution in [3.63, 3.8) is 0 Å². The van der Waals surface area contributed by atoms with Crippen molar-refractivity contribution in [1.82, 2.24) is 9.88 Å². The van der Waals surface area contributed by atoms with Crippen LogP contribution in [0.4, 0.5) is 4.39 Å². The van der Waals surface area contributed by atoms with Gasteiger partial charge in [0.15, 0.2) is 10.6 Å². The number of benzene rings is 2. The maximum atomic E-state index is 13.1. The molecule has 1 N–H and O–H groups in total. The normalized spacial score (nSPS) is 11.5. The van der Waals surface area contributed by atoms with Crippen molar-refractivity contribution in [1.29, 1.82) is 0 Å². The van der Waals surface area contributed by atoms with E-state index in [0.717, 1.165) is 21.7 Å². The van der Waals surface area contributed by atoms with E-state index in [2.05, 4.69) is 10.3 Å². The highest BCUT2D eigenvalue weighted by Gasteiger charge is 2.15. The molecule has 2 aromatic carbocycles. The van der Waals surface area contributed by atoms with Crippen LogP contribution >= 0.6 is 11.3 Å². The van der Waals surface area contributed by atoms with Crippen molar-refractivity contribution in [2.45, 2.75) is 26.9 Å². The van der Waals surface area contributed by atoms with Crippen molar-refractivity contribution >= 4 is 23.2 Å². The van der Waals surface area contributed by atoms with E-state index in [1.807, 2.05) is 30.5 Å². The van der Waals surface area contributed by atoms with E-state index in [1.54, 1.807) is 36.4 Å². The topological polar surface area (TPSA) is 76.6 Å². The van der Waals surface area contributed by atoms with Crippen LogP contribution in [0.3, 0.4) is 0 Å². The number of furan rings is 1. The van der Waals surface area contributed by atoms with Crippen molar-refractivity contribution < 1.29 is 18.4 Å². The molecule has 0 spiro atoms. The van der Waals surface area contributed by atoms with Crippen LogP contribution in [0.5, 0.6) is 0 Å². The summed E-state index contributed by atoms with van der Waals surface area (Å²) in [5.41, 5.74) is 3.09. The number of aromatic nitrogens is 1. The molecule has 0 aliphatic heterocycles. The molecule has 0 aliphatic rings. The molecule has 8 heteroatoms. The van der Waals surface area contributed by atoms with E-state index < -0.39 is 5.91 Å². The van der Waals surface area contributed by atoms with Crippen molar-refractivity contribution in [3.8, 4) is 0 Å². The van der Waals surface area contributed by atoms with Crippen LogP contribution in [-0.2, 0) is 13.1 Å². The summed E-state index contributed by atoms with van der Waals surface area (Å²) >= 11 is 1.41. The third-order valence-electron chi connectivity index (χ3n) is 5.28. The number of nitrogens with one attached hydrogen (secondary N) is 1. The van der Waals surface area contributed by atoms with Gasteiger partial charge >= 0.3 is 5.91 Å². The zero-order valence-electron chi connectivity index (χ0n) is 18.2. The molecule has 4 aromatic rings. The number of amides is 2. The van der Waals surface area contributed by atoms with Gasteiger partial charge in [-0.1, -0.05) is 30.3 Å². The Morgan fingerprint density at radius 1 is 1.06 bits per heavy atom. The molecule has 0 aliphatic carbocycles. The van der Waals surface area contributed by atoms with E-state index in [9.17, 15) is 14.0 Å². The summed E-state index contributed by atoms with van der Waals surface area (Å²) in [5, 5.41) is 2.89. The molecule has 2 heterocycles. The Kier molecular flexibility index (Phi) is 6.65. The number of hydrogen-bond acceptors (Lipinski definition) is 4. The highest BCUT2D eigenvalue weighted by molar-refractivity contribution is 7.09. The summed E-state index contributed by atoms with van der Waals surface area (Å²) in [5.74, 6) is -0.836. The monoisotopic (exact) mass is 463 g/mol. The molecule has 2 aromatic heterocycles. The van der Waals surface area contributed by atoms with Crippen LogP contribution in [0.1, 0.15) is 42.6 Å². The van der Waals surface area contributed by atoms with E-state index >= 15 is 0 Å². The van der Waals surface area contributed by atoms with E-state index in [-0.39, 0.29) is 24.0 Å². The molecule has 4 rings (SSSR count). The number of rotatable bonds is 6. The van der Waals surface area contributed by atoms with E-state index in [0.29, 0.717) is 16.9 Å². The Bertz CT molecular complexity index is 1350. The third kappa shape index (κ3) is 5.18.